The summed E-state index contributed by atoms with van der Waals surface area (Å²) in [5, 5.41) is 10.9. The fourth-order valence-corrected chi connectivity index (χ4v) is 11.2. The molecule has 0 aromatic carbocycles. The summed E-state index contributed by atoms with van der Waals surface area (Å²) in [6, 6.07) is 0. The Labute approximate surface area is 199 Å². The first-order valence-corrected chi connectivity index (χ1v) is 14.2. The van der Waals surface area contributed by atoms with E-state index < -0.39 is 0 Å². The van der Waals surface area contributed by atoms with Gasteiger partial charge in [0.1, 0.15) is 0 Å². The number of aliphatic hydroxyl groups is 1. The van der Waals surface area contributed by atoms with Gasteiger partial charge < -0.3 is 5.11 Å². The zero-order chi connectivity index (χ0) is 23.3. The molecule has 1 nitrogen and oxygen atoms in total. The van der Waals surface area contributed by atoms with E-state index in [4.69, 9.17) is 0 Å². The van der Waals surface area contributed by atoms with E-state index >= 15 is 0 Å². The van der Waals surface area contributed by atoms with Crippen molar-refractivity contribution in [3.05, 3.63) is 12.2 Å². The lowest BCUT2D eigenvalue weighted by molar-refractivity contribution is -0.161. The Morgan fingerprint density at radius 2 is 1.50 bits per heavy atom. The molecule has 5 fully saturated rings. The number of rotatable bonds is 5. The third-order valence-electron chi connectivity index (χ3n) is 13.6. The molecule has 5 rings (SSSR count). The van der Waals surface area contributed by atoms with Crippen molar-refractivity contribution in [1.29, 1.82) is 0 Å². The van der Waals surface area contributed by atoms with Crippen LogP contribution in [0, 0.1) is 56.7 Å². The van der Waals surface area contributed by atoms with Gasteiger partial charge in [-0.2, -0.15) is 0 Å². The van der Waals surface area contributed by atoms with Crippen LogP contribution in [0.25, 0.3) is 0 Å². The Morgan fingerprint density at radius 1 is 0.844 bits per heavy atom. The molecule has 0 amide bonds. The van der Waals surface area contributed by atoms with Crippen molar-refractivity contribution in [2.75, 3.05) is 0 Å². The van der Waals surface area contributed by atoms with E-state index in [0.717, 1.165) is 30.1 Å². The molecule has 2 spiro atoms. The number of aliphatic hydroxyl groups excluding tert-OH is 1. The van der Waals surface area contributed by atoms with Crippen LogP contribution in [-0.4, -0.2) is 11.2 Å². The Morgan fingerprint density at radius 3 is 2.19 bits per heavy atom. The lowest BCUT2D eigenvalue weighted by atomic mass is 9.41. The van der Waals surface area contributed by atoms with Gasteiger partial charge in [0.2, 0.25) is 0 Å². The van der Waals surface area contributed by atoms with Gasteiger partial charge in [-0.15, -0.1) is 0 Å². The van der Waals surface area contributed by atoms with Crippen molar-refractivity contribution >= 4 is 0 Å². The van der Waals surface area contributed by atoms with Crippen molar-refractivity contribution in [2.45, 2.75) is 125 Å². The van der Waals surface area contributed by atoms with E-state index in [-0.39, 0.29) is 11.5 Å². The summed E-state index contributed by atoms with van der Waals surface area (Å²) in [5.74, 6) is 4.02. The number of hydrogen-bond acceptors (Lipinski definition) is 1. The predicted molar refractivity (Wildman–Crippen MR) is 135 cm³/mol. The quantitative estimate of drug-likeness (QED) is 0.425. The summed E-state index contributed by atoms with van der Waals surface area (Å²) < 4.78 is 0. The average Bonchev–Trinajstić information content (AvgIpc) is 3.31. The van der Waals surface area contributed by atoms with Gasteiger partial charge >= 0.3 is 0 Å². The standard InChI is InChI=1S/C31H52O/c1-20(2)21(3)9-10-22(4)23-13-15-29(8)25-12-11-24-27(5,6)26(32)14-16-30(24)19-31(25,30)18-17-28(23,29)7/h20,22-26,32H,3,9-19H2,1-2,4-8H3/t22-,23+,24+,25-,26-,28+,29-,30+,31-/m0/s1. The Hall–Kier alpha value is -0.300. The lowest BCUT2D eigenvalue weighted by Gasteiger charge is -2.63. The van der Waals surface area contributed by atoms with Crippen LogP contribution in [0.5, 0.6) is 0 Å². The van der Waals surface area contributed by atoms with E-state index in [0.29, 0.717) is 27.6 Å². The zero-order valence-electron chi connectivity index (χ0n) is 22.4. The highest BCUT2D eigenvalue weighted by molar-refractivity contribution is 5.30. The molecule has 0 aromatic heterocycles. The number of fused-ring (bicyclic) bond motifs is 2. The highest BCUT2D eigenvalue weighted by Crippen LogP contribution is 2.89. The second-order valence-corrected chi connectivity index (χ2v) is 14.9. The maximum Gasteiger partial charge on any atom is 0.0594 e. The van der Waals surface area contributed by atoms with Gasteiger partial charge in [0.05, 0.1) is 6.10 Å². The fourth-order valence-electron chi connectivity index (χ4n) is 11.2. The summed E-state index contributed by atoms with van der Waals surface area (Å²) >= 11 is 0. The van der Waals surface area contributed by atoms with Crippen molar-refractivity contribution in [2.24, 2.45) is 56.7 Å². The second-order valence-electron chi connectivity index (χ2n) is 14.9. The fraction of sp³-hybridized carbons (Fsp3) is 0.935. The van der Waals surface area contributed by atoms with Crippen LogP contribution in [0.15, 0.2) is 12.2 Å². The van der Waals surface area contributed by atoms with Gasteiger partial charge in [0.25, 0.3) is 0 Å². The molecule has 5 aliphatic rings. The first kappa shape index (κ1) is 23.4. The highest BCUT2D eigenvalue weighted by atomic mass is 16.3. The Kier molecular flexibility index (Phi) is 5.21. The van der Waals surface area contributed by atoms with Crippen molar-refractivity contribution in [3.63, 3.8) is 0 Å². The van der Waals surface area contributed by atoms with Crippen LogP contribution >= 0.6 is 0 Å². The number of hydrogen-bond donors (Lipinski definition) is 1. The van der Waals surface area contributed by atoms with Crippen LogP contribution in [0.2, 0.25) is 0 Å². The lowest BCUT2D eigenvalue weighted by Crippen LogP contribution is -2.57. The maximum absolute atomic E-state index is 10.9. The van der Waals surface area contributed by atoms with Crippen LogP contribution in [0.1, 0.15) is 119 Å². The summed E-state index contributed by atoms with van der Waals surface area (Å²) in [7, 11) is 0. The van der Waals surface area contributed by atoms with E-state index in [2.05, 4.69) is 55.0 Å². The van der Waals surface area contributed by atoms with Crippen molar-refractivity contribution < 1.29 is 5.11 Å². The minimum absolute atomic E-state index is 0.0888. The molecule has 0 aliphatic heterocycles. The molecule has 9 atom stereocenters. The molecule has 1 heteroatoms. The van der Waals surface area contributed by atoms with Gasteiger partial charge in [-0.3, -0.25) is 0 Å². The van der Waals surface area contributed by atoms with Gasteiger partial charge in [-0.25, -0.2) is 0 Å². The molecule has 1 N–H and O–H groups in total. The molecular weight excluding hydrogens is 388 g/mol. The Bertz CT molecular complexity index is 779. The largest absolute Gasteiger partial charge is 0.393 e. The van der Waals surface area contributed by atoms with Gasteiger partial charge in [0, 0.05) is 0 Å². The molecule has 32 heavy (non-hydrogen) atoms. The minimum Gasteiger partial charge on any atom is -0.393 e. The van der Waals surface area contributed by atoms with Crippen LogP contribution in [-0.2, 0) is 0 Å². The van der Waals surface area contributed by atoms with E-state index in [1.165, 1.54) is 69.8 Å². The van der Waals surface area contributed by atoms with E-state index in [1.807, 2.05) is 0 Å². The monoisotopic (exact) mass is 440 g/mol. The van der Waals surface area contributed by atoms with E-state index in [9.17, 15) is 5.11 Å². The molecule has 0 bridgehead atoms. The molecule has 5 saturated carbocycles. The summed E-state index contributed by atoms with van der Waals surface area (Å²) in [5.41, 5.74) is 3.79. The average molecular weight is 441 g/mol. The molecule has 5 aliphatic carbocycles. The SMILES string of the molecule is C=C(CC[C@H](C)[C@H]1CC[C@@]2(C)[C@@H]3CC[C@@H]4C(C)(C)[C@@H](O)CC[C@@]45C[C@@]35CC[C@]12C)C(C)C. The molecule has 182 valence electrons. The van der Waals surface area contributed by atoms with Gasteiger partial charge in [-0.05, 0) is 127 Å². The van der Waals surface area contributed by atoms with Crippen molar-refractivity contribution in [3.8, 4) is 0 Å². The Balaban J connectivity index is 1.39. The third-order valence-corrected chi connectivity index (χ3v) is 13.6. The van der Waals surface area contributed by atoms with Crippen LogP contribution in [0.3, 0.4) is 0 Å². The highest BCUT2D eigenvalue weighted by Gasteiger charge is 2.82. The maximum atomic E-state index is 10.9. The predicted octanol–water partition coefficient (Wildman–Crippen LogP) is 8.41. The third kappa shape index (κ3) is 2.73. The second kappa shape index (κ2) is 7.11. The first-order valence-electron chi connectivity index (χ1n) is 14.2. The minimum atomic E-state index is -0.0888. The first-order chi connectivity index (χ1) is 14.9. The summed E-state index contributed by atoms with van der Waals surface area (Å²) in [6.45, 7) is 21.8. The van der Waals surface area contributed by atoms with Gasteiger partial charge in [0.15, 0.2) is 0 Å². The topological polar surface area (TPSA) is 20.2 Å². The van der Waals surface area contributed by atoms with E-state index in [1.54, 1.807) is 0 Å². The van der Waals surface area contributed by atoms with Gasteiger partial charge in [-0.1, -0.05) is 60.6 Å². The molecule has 0 radical (unpaired) electrons. The van der Waals surface area contributed by atoms with Crippen LogP contribution < -0.4 is 0 Å². The molecule has 0 heterocycles. The summed E-state index contributed by atoms with van der Waals surface area (Å²) in [4.78, 5) is 0. The zero-order valence-corrected chi connectivity index (χ0v) is 22.4. The molecule has 0 unspecified atom stereocenters. The van der Waals surface area contributed by atoms with Crippen molar-refractivity contribution in [1.82, 2.24) is 0 Å². The molecule has 0 saturated heterocycles. The normalized spacial score (nSPS) is 51.9. The van der Waals surface area contributed by atoms with Crippen LogP contribution in [0.4, 0.5) is 0 Å². The molecule has 0 aromatic rings. The molecular formula is C31H52O. The smallest absolute Gasteiger partial charge is 0.0594 e. The summed E-state index contributed by atoms with van der Waals surface area (Å²) in [6.07, 6.45) is 15.0. The number of allylic oxidation sites excluding steroid dienone is 1.